The Bertz CT molecular complexity index is 629. The van der Waals surface area contributed by atoms with Gasteiger partial charge in [-0.15, -0.1) is 0 Å². The van der Waals surface area contributed by atoms with Gasteiger partial charge in [-0.1, -0.05) is 20.8 Å². The molecular formula is C21H33NO5. The van der Waals surface area contributed by atoms with Gasteiger partial charge in [0, 0.05) is 12.3 Å². The molecule has 0 saturated heterocycles. The van der Waals surface area contributed by atoms with Gasteiger partial charge in [0.1, 0.15) is 16.9 Å². The van der Waals surface area contributed by atoms with Crippen LogP contribution in [0.4, 0.5) is 5.69 Å². The maximum absolute atomic E-state index is 12.8. The van der Waals surface area contributed by atoms with Gasteiger partial charge in [0.05, 0.1) is 13.2 Å². The zero-order chi connectivity index (χ0) is 20.4. The van der Waals surface area contributed by atoms with E-state index in [0.29, 0.717) is 42.6 Å². The van der Waals surface area contributed by atoms with Crippen molar-refractivity contribution in [2.24, 2.45) is 5.92 Å². The molecule has 0 fully saturated rings. The summed E-state index contributed by atoms with van der Waals surface area (Å²) in [7, 11) is 0. The van der Waals surface area contributed by atoms with Gasteiger partial charge in [-0.2, -0.15) is 0 Å². The maximum Gasteiger partial charge on any atom is 0.341 e. The third-order valence-electron chi connectivity index (χ3n) is 3.94. The van der Waals surface area contributed by atoms with Gasteiger partial charge in [0.25, 0.3) is 5.91 Å². The van der Waals surface area contributed by atoms with E-state index < -0.39 is 11.6 Å². The Morgan fingerprint density at radius 1 is 1.15 bits per heavy atom. The van der Waals surface area contributed by atoms with Crippen LogP contribution < -0.4 is 10.1 Å². The van der Waals surface area contributed by atoms with E-state index in [9.17, 15) is 9.59 Å². The number of benzene rings is 1. The monoisotopic (exact) mass is 379 g/mol. The third-order valence-corrected chi connectivity index (χ3v) is 3.94. The number of carbonyl (C=O) groups is 2. The molecule has 0 spiro atoms. The summed E-state index contributed by atoms with van der Waals surface area (Å²) in [5.74, 6) is 0.0276. The standard InChI is InChI=1S/C21H33NO5/c1-7-12-26-18-11-10-16(13-17(18)19(23)25-8-2)22-20(24)21(6,27-9-3)14-15(4)5/h10-11,13,15H,7-9,12,14H2,1-6H3,(H,22,24). The van der Waals surface area contributed by atoms with Crippen molar-refractivity contribution in [2.45, 2.75) is 60.0 Å². The van der Waals surface area contributed by atoms with Crippen molar-refractivity contribution in [3.8, 4) is 5.75 Å². The van der Waals surface area contributed by atoms with Gasteiger partial charge < -0.3 is 19.5 Å². The predicted molar refractivity (Wildman–Crippen MR) is 106 cm³/mol. The molecule has 27 heavy (non-hydrogen) atoms. The van der Waals surface area contributed by atoms with Crippen molar-refractivity contribution >= 4 is 17.6 Å². The van der Waals surface area contributed by atoms with Crippen LogP contribution in [0, 0.1) is 5.92 Å². The summed E-state index contributed by atoms with van der Waals surface area (Å²) in [5.41, 5.74) is -0.142. The average molecular weight is 379 g/mol. The van der Waals surface area contributed by atoms with Gasteiger partial charge in [0.15, 0.2) is 0 Å². The summed E-state index contributed by atoms with van der Waals surface area (Å²) >= 11 is 0. The second-order valence-corrected chi connectivity index (χ2v) is 7.00. The van der Waals surface area contributed by atoms with Crippen LogP contribution in [0.15, 0.2) is 18.2 Å². The minimum Gasteiger partial charge on any atom is -0.493 e. The molecule has 0 aliphatic rings. The first-order chi connectivity index (χ1) is 12.8. The molecule has 0 bridgehead atoms. The molecule has 1 aromatic carbocycles. The van der Waals surface area contributed by atoms with E-state index in [1.165, 1.54) is 0 Å². The molecule has 6 heteroatoms. The normalized spacial score (nSPS) is 13.1. The molecule has 1 rings (SSSR count). The summed E-state index contributed by atoms with van der Waals surface area (Å²) in [4.78, 5) is 25.1. The van der Waals surface area contributed by atoms with E-state index in [-0.39, 0.29) is 12.5 Å². The summed E-state index contributed by atoms with van der Waals surface area (Å²) in [6, 6.07) is 4.98. The number of nitrogens with one attached hydrogen (secondary N) is 1. The molecule has 0 aliphatic heterocycles. The second-order valence-electron chi connectivity index (χ2n) is 7.00. The highest BCUT2D eigenvalue weighted by molar-refractivity contribution is 5.99. The number of rotatable bonds is 11. The van der Waals surface area contributed by atoms with Crippen LogP contribution in [-0.2, 0) is 14.3 Å². The number of amides is 1. The first-order valence-corrected chi connectivity index (χ1v) is 9.66. The Balaban J connectivity index is 3.09. The lowest BCUT2D eigenvalue weighted by Gasteiger charge is -2.30. The van der Waals surface area contributed by atoms with Crippen LogP contribution in [0.3, 0.4) is 0 Å². The number of carbonyl (C=O) groups excluding carboxylic acids is 2. The lowest BCUT2D eigenvalue weighted by molar-refractivity contribution is -0.140. The average Bonchev–Trinajstić information content (AvgIpc) is 2.60. The van der Waals surface area contributed by atoms with Crippen molar-refractivity contribution in [3.63, 3.8) is 0 Å². The Kier molecular flexibility index (Phi) is 9.29. The molecule has 1 amide bonds. The highest BCUT2D eigenvalue weighted by Crippen LogP contribution is 2.27. The molecule has 1 atom stereocenters. The van der Waals surface area contributed by atoms with Gasteiger partial charge in [-0.3, -0.25) is 4.79 Å². The molecule has 0 heterocycles. The van der Waals surface area contributed by atoms with Crippen LogP contribution in [0.2, 0.25) is 0 Å². The third kappa shape index (κ3) is 6.86. The minimum absolute atomic E-state index is 0.241. The van der Waals surface area contributed by atoms with Gasteiger partial charge in [-0.05, 0) is 57.7 Å². The minimum atomic E-state index is -0.940. The van der Waals surface area contributed by atoms with Crippen LogP contribution in [-0.4, -0.2) is 37.3 Å². The highest BCUT2D eigenvalue weighted by Gasteiger charge is 2.34. The number of esters is 1. The number of hydrogen-bond acceptors (Lipinski definition) is 5. The molecule has 1 N–H and O–H groups in total. The van der Waals surface area contributed by atoms with E-state index in [4.69, 9.17) is 14.2 Å². The molecular weight excluding hydrogens is 346 g/mol. The van der Waals surface area contributed by atoms with Crippen molar-refractivity contribution in [1.29, 1.82) is 0 Å². The molecule has 6 nitrogen and oxygen atoms in total. The van der Waals surface area contributed by atoms with Crippen molar-refractivity contribution < 1.29 is 23.8 Å². The summed E-state index contributed by atoms with van der Waals surface area (Å²) in [6.07, 6.45) is 1.41. The SMILES string of the molecule is CCCOc1ccc(NC(=O)C(C)(CC(C)C)OCC)cc1C(=O)OCC. The molecule has 0 aromatic heterocycles. The lowest BCUT2D eigenvalue weighted by atomic mass is 9.93. The van der Waals surface area contributed by atoms with Crippen LogP contribution >= 0.6 is 0 Å². The Hall–Kier alpha value is -2.08. The first-order valence-electron chi connectivity index (χ1n) is 9.66. The topological polar surface area (TPSA) is 73.9 Å². The summed E-state index contributed by atoms with van der Waals surface area (Å²) in [5, 5.41) is 2.87. The smallest absolute Gasteiger partial charge is 0.341 e. The van der Waals surface area contributed by atoms with E-state index >= 15 is 0 Å². The lowest BCUT2D eigenvalue weighted by Crippen LogP contribution is -2.44. The highest BCUT2D eigenvalue weighted by atomic mass is 16.5. The fourth-order valence-corrected chi connectivity index (χ4v) is 2.89. The van der Waals surface area contributed by atoms with Gasteiger partial charge in [-0.25, -0.2) is 4.79 Å². The Labute approximate surface area is 162 Å². The fourth-order valence-electron chi connectivity index (χ4n) is 2.89. The number of anilines is 1. The Morgan fingerprint density at radius 2 is 1.85 bits per heavy atom. The number of hydrogen-bond donors (Lipinski definition) is 1. The van der Waals surface area contributed by atoms with E-state index in [0.717, 1.165) is 6.42 Å². The second kappa shape index (κ2) is 10.9. The fraction of sp³-hybridized carbons (Fsp3) is 0.619. The molecule has 1 aromatic rings. The van der Waals surface area contributed by atoms with Crippen LogP contribution in [0.1, 0.15) is 64.7 Å². The quantitative estimate of drug-likeness (QED) is 0.576. The van der Waals surface area contributed by atoms with Crippen molar-refractivity contribution in [3.05, 3.63) is 23.8 Å². The van der Waals surface area contributed by atoms with Crippen LogP contribution in [0.5, 0.6) is 5.75 Å². The predicted octanol–water partition coefficient (Wildman–Crippen LogP) is 4.43. The molecule has 0 aliphatic carbocycles. The van der Waals surface area contributed by atoms with E-state index in [1.54, 1.807) is 32.0 Å². The molecule has 0 saturated carbocycles. The van der Waals surface area contributed by atoms with Crippen LogP contribution in [0.25, 0.3) is 0 Å². The number of ether oxygens (including phenoxy) is 3. The van der Waals surface area contributed by atoms with Crippen molar-refractivity contribution in [1.82, 2.24) is 0 Å². The zero-order valence-corrected chi connectivity index (χ0v) is 17.4. The molecule has 0 radical (unpaired) electrons. The largest absolute Gasteiger partial charge is 0.493 e. The zero-order valence-electron chi connectivity index (χ0n) is 17.4. The van der Waals surface area contributed by atoms with Crippen molar-refractivity contribution in [2.75, 3.05) is 25.1 Å². The van der Waals surface area contributed by atoms with Gasteiger partial charge in [0.2, 0.25) is 0 Å². The summed E-state index contributed by atoms with van der Waals surface area (Å²) in [6.45, 7) is 12.7. The van der Waals surface area contributed by atoms with E-state index in [2.05, 4.69) is 5.32 Å². The maximum atomic E-state index is 12.8. The van der Waals surface area contributed by atoms with E-state index in [1.807, 2.05) is 27.7 Å². The molecule has 152 valence electrons. The molecule has 1 unspecified atom stereocenters. The summed E-state index contributed by atoms with van der Waals surface area (Å²) < 4.78 is 16.5. The first kappa shape index (κ1) is 23.0. The van der Waals surface area contributed by atoms with Gasteiger partial charge >= 0.3 is 5.97 Å². The Morgan fingerprint density at radius 3 is 2.41 bits per heavy atom.